The third-order valence-corrected chi connectivity index (χ3v) is 4.99. The van der Waals surface area contributed by atoms with Gasteiger partial charge in [-0.1, -0.05) is 0 Å². The van der Waals surface area contributed by atoms with Crippen LogP contribution in [0.5, 0.6) is 0 Å². The molecule has 0 unspecified atom stereocenters. The molecule has 0 saturated heterocycles. The molecule has 1 aromatic heterocycles. The fourth-order valence-electron chi connectivity index (χ4n) is 2.71. The number of alkyl carbamates (subject to hydrolysis) is 1. The van der Waals surface area contributed by atoms with Gasteiger partial charge >= 0.3 is 12.1 Å². The Bertz CT molecular complexity index is 781. The van der Waals surface area contributed by atoms with E-state index in [9.17, 15) is 19.2 Å². The Labute approximate surface area is 166 Å². The molecule has 1 aliphatic rings. The molecule has 0 fully saturated rings. The number of nitrogens with one attached hydrogen (secondary N) is 2. The van der Waals surface area contributed by atoms with Crippen molar-refractivity contribution < 1.29 is 28.7 Å². The summed E-state index contributed by atoms with van der Waals surface area (Å²) in [6, 6.07) is 0. The van der Waals surface area contributed by atoms with Crippen LogP contribution in [0.25, 0.3) is 0 Å². The minimum absolute atomic E-state index is 0.0266. The van der Waals surface area contributed by atoms with Gasteiger partial charge in [0.1, 0.15) is 10.6 Å². The lowest BCUT2D eigenvalue weighted by atomic mass is 10.1. The smallest absolute Gasteiger partial charge is 0.407 e. The van der Waals surface area contributed by atoms with Crippen LogP contribution in [-0.4, -0.2) is 42.6 Å². The van der Waals surface area contributed by atoms with Gasteiger partial charge in [0.25, 0.3) is 11.8 Å². The Hall–Kier alpha value is -2.62. The van der Waals surface area contributed by atoms with Crippen LogP contribution < -0.4 is 16.4 Å². The van der Waals surface area contributed by atoms with Gasteiger partial charge in [-0.3, -0.25) is 14.4 Å². The number of carbonyl (C=O) groups is 4. The van der Waals surface area contributed by atoms with E-state index in [1.807, 2.05) is 0 Å². The average Bonchev–Trinajstić information content (AvgIpc) is 3.11. The predicted octanol–water partition coefficient (Wildman–Crippen LogP) is 1.73. The maximum absolute atomic E-state index is 12.0. The summed E-state index contributed by atoms with van der Waals surface area (Å²) in [4.78, 5) is 47.9. The van der Waals surface area contributed by atoms with Gasteiger partial charge in [-0.15, -0.1) is 11.3 Å². The number of hydrogen-bond acceptors (Lipinski definition) is 7. The summed E-state index contributed by atoms with van der Waals surface area (Å²) >= 11 is 1.33. The molecule has 28 heavy (non-hydrogen) atoms. The summed E-state index contributed by atoms with van der Waals surface area (Å²) < 4.78 is 9.92. The second kappa shape index (κ2) is 9.05. The predicted molar refractivity (Wildman–Crippen MR) is 103 cm³/mol. The topological polar surface area (TPSA) is 137 Å². The quantitative estimate of drug-likeness (QED) is 0.585. The summed E-state index contributed by atoms with van der Waals surface area (Å²) in [5.74, 6) is -1.79. The lowest BCUT2D eigenvalue weighted by Gasteiger charge is -2.19. The molecule has 0 radical (unpaired) electrons. The van der Waals surface area contributed by atoms with Crippen molar-refractivity contribution in [2.45, 2.75) is 52.1 Å². The van der Waals surface area contributed by atoms with Crippen LogP contribution >= 0.6 is 11.3 Å². The number of amides is 3. The van der Waals surface area contributed by atoms with E-state index in [2.05, 4.69) is 10.6 Å². The van der Waals surface area contributed by atoms with Crippen molar-refractivity contribution in [1.29, 1.82) is 0 Å². The molecule has 1 aromatic rings. The minimum Gasteiger partial charge on any atom is -0.456 e. The first-order chi connectivity index (χ1) is 13.1. The number of hydrogen-bond donors (Lipinski definition) is 3. The van der Waals surface area contributed by atoms with Crippen LogP contribution in [-0.2, 0) is 31.9 Å². The minimum atomic E-state index is -0.644. The van der Waals surface area contributed by atoms with Crippen LogP contribution in [0, 0.1) is 0 Å². The zero-order valence-corrected chi connectivity index (χ0v) is 17.0. The highest BCUT2D eigenvalue weighted by molar-refractivity contribution is 7.17. The standard InChI is InChI=1S/C18H25N3O6S/c1-18(2,3)27-17(25)20-8-7-13(23)26-9-12(22)21-16-14(15(19)24)10-5-4-6-11(10)28-16/h4-9H2,1-3H3,(H2,19,24)(H,20,25)(H,21,22). The van der Waals surface area contributed by atoms with Gasteiger partial charge in [0.05, 0.1) is 12.0 Å². The van der Waals surface area contributed by atoms with E-state index in [-0.39, 0.29) is 13.0 Å². The molecule has 1 heterocycles. The maximum Gasteiger partial charge on any atom is 0.407 e. The van der Waals surface area contributed by atoms with Crippen molar-refractivity contribution in [3.63, 3.8) is 0 Å². The molecule has 0 aliphatic heterocycles. The first kappa shape index (κ1) is 21.7. The second-order valence-electron chi connectivity index (χ2n) is 7.31. The number of carbonyl (C=O) groups excluding carboxylic acids is 4. The van der Waals surface area contributed by atoms with Gasteiger partial charge in [-0.25, -0.2) is 4.79 Å². The van der Waals surface area contributed by atoms with E-state index < -0.39 is 36.1 Å². The van der Waals surface area contributed by atoms with Crippen LogP contribution in [0.15, 0.2) is 0 Å². The third kappa shape index (κ3) is 6.22. The van der Waals surface area contributed by atoms with Crippen molar-refractivity contribution in [2.75, 3.05) is 18.5 Å². The summed E-state index contributed by atoms with van der Waals surface area (Å²) in [6.07, 6.45) is 1.84. The highest BCUT2D eigenvalue weighted by atomic mass is 32.1. The van der Waals surface area contributed by atoms with E-state index in [0.29, 0.717) is 10.6 Å². The molecule has 4 N–H and O–H groups in total. The molecule has 3 amide bonds. The largest absolute Gasteiger partial charge is 0.456 e. The molecule has 0 saturated carbocycles. The highest BCUT2D eigenvalue weighted by Gasteiger charge is 2.26. The van der Waals surface area contributed by atoms with Gasteiger partial charge in [-0.2, -0.15) is 0 Å². The van der Waals surface area contributed by atoms with Crippen LogP contribution in [0.2, 0.25) is 0 Å². The molecule has 0 aromatic carbocycles. The zero-order chi connectivity index (χ0) is 20.9. The number of aryl methyl sites for hydroxylation is 1. The van der Waals surface area contributed by atoms with Crippen LogP contribution in [0.4, 0.5) is 9.80 Å². The van der Waals surface area contributed by atoms with Gasteiger partial charge < -0.3 is 25.8 Å². The second-order valence-corrected chi connectivity index (χ2v) is 8.42. The van der Waals surface area contributed by atoms with Gasteiger partial charge in [0.2, 0.25) is 0 Å². The summed E-state index contributed by atoms with van der Waals surface area (Å²) in [6.45, 7) is 4.72. The Morgan fingerprint density at radius 2 is 1.89 bits per heavy atom. The number of nitrogens with two attached hydrogens (primary N) is 1. The molecule has 154 valence electrons. The SMILES string of the molecule is CC(C)(C)OC(=O)NCCC(=O)OCC(=O)Nc1sc2c(c1C(N)=O)CCC2. The van der Waals surface area contributed by atoms with Gasteiger partial charge in [0.15, 0.2) is 6.61 Å². The van der Waals surface area contributed by atoms with E-state index in [1.54, 1.807) is 20.8 Å². The molecule has 9 nitrogen and oxygen atoms in total. The third-order valence-electron chi connectivity index (χ3n) is 3.78. The molecular weight excluding hydrogens is 386 g/mol. The average molecular weight is 411 g/mol. The summed E-state index contributed by atoms with van der Waals surface area (Å²) in [5, 5.41) is 5.41. The summed E-state index contributed by atoms with van der Waals surface area (Å²) in [5.41, 5.74) is 6.05. The normalized spacial score (nSPS) is 12.8. The number of fused-ring (bicyclic) bond motifs is 1. The lowest BCUT2D eigenvalue weighted by Crippen LogP contribution is -2.34. The van der Waals surface area contributed by atoms with Crippen molar-refractivity contribution in [1.82, 2.24) is 5.32 Å². The Balaban J connectivity index is 1.75. The number of rotatable bonds is 7. The monoisotopic (exact) mass is 411 g/mol. The number of esters is 1. The first-order valence-corrected chi connectivity index (χ1v) is 9.75. The first-order valence-electron chi connectivity index (χ1n) is 8.93. The molecule has 2 rings (SSSR count). The molecule has 1 aliphatic carbocycles. The molecule has 0 atom stereocenters. The number of ether oxygens (including phenoxy) is 2. The maximum atomic E-state index is 12.0. The molecule has 10 heteroatoms. The lowest BCUT2D eigenvalue weighted by molar-refractivity contribution is -0.147. The van der Waals surface area contributed by atoms with E-state index in [1.165, 1.54) is 11.3 Å². The zero-order valence-electron chi connectivity index (χ0n) is 16.2. The van der Waals surface area contributed by atoms with E-state index in [4.69, 9.17) is 15.2 Å². The Morgan fingerprint density at radius 1 is 1.18 bits per heavy atom. The highest BCUT2D eigenvalue weighted by Crippen LogP contribution is 2.38. The molecule has 0 bridgehead atoms. The van der Waals surface area contributed by atoms with Crippen molar-refractivity contribution in [3.8, 4) is 0 Å². The number of anilines is 1. The number of thiophene rings is 1. The van der Waals surface area contributed by atoms with Gasteiger partial charge in [0, 0.05) is 11.4 Å². The van der Waals surface area contributed by atoms with E-state index >= 15 is 0 Å². The van der Waals surface area contributed by atoms with Crippen molar-refractivity contribution in [2.24, 2.45) is 5.73 Å². The molecule has 0 spiro atoms. The van der Waals surface area contributed by atoms with Crippen molar-refractivity contribution >= 4 is 40.2 Å². The fourth-order valence-corrected chi connectivity index (χ4v) is 4.03. The van der Waals surface area contributed by atoms with Crippen LogP contribution in [0.3, 0.4) is 0 Å². The molecular formula is C18H25N3O6S. The Morgan fingerprint density at radius 3 is 2.54 bits per heavy atom. The van der Waals surface area contributed by atoms with Crippen molar-refractivity contribution in [3.05, 3.63) is 16.0 Å². The Kier molecular flexibility index (Phi) is 7.00. The van der Waals surface area contributed by atoms with Crippen LogP contribution in [0.1, 0.15) is 54.4 Å². The van der Waals surface area contributed by atoms with Gasteiger partial charge in [-0.05, 0) is 45.6 Å². The van der Waals surface area contributed by atoms with E-state index in [0.717, 1.165) is 29.7 Å². The fraction of sp³-hybridized carbons (Fsp3) is 0.556. The summed E-state index contributed by atoms with van der Waals surface area (Å²) in [7, 11) is 0. The number of primary amides is 1.